The maximum absolute atomic E-state index is 12.8. The van der Waals surface area contributed by atoms with Crippen molar-refractivity contribution in [2.45, 2.75) is 32.3 Å². The Morgan fingerprint density at radius 3 is 2.54 bits per heavy atom. The number of benzene rings is 1. The van der Waals surface area contributed by atoms with E-state index in [1.807, 2.05) is 0 Å². The Labute approximate surface area is 209 Å². The van der Waals surface area contributed by atoms with Crippen molar-refractivity contribution >= 4 is 23.2 Å². The second-order valence-corrected chi connectivity index (χ2v) is 8.09. The zero-order valence-electron chi connectivity index (χ0n) is 19.7. The Morgan fingerprint density at radius 2 is 1.95 bits per heavy atom. The predicted molar refractivity (Wildman–Crippen MR) is 129 cm³/mol. The number of halogens is 3. The molecule has 1 amide bonds. The molecule has 11 nitrogen and oxygen atoms in total. The van der Waals surface area contributed by atoms with E-state index in [9.17, 15) is 33.2 Å². The second kappa shape index (κ2) is 11.6. The lowest BCUT2D eigenvalue weighted by Crippen LogP contribution is -2.35. The Balaban J connectivity index is 1.73. The molecule has 2 aromatic heterocycles. The van der Waals surface area contributed by atoms with Gasteiger partial charge in [-0.2, -0.15) is 0 Å². The first kappa shape index (κ1) is 27.3. The van der Waals surface area contributed by atoms with Crippen molar-refractivity contribution in [2.75, 3.05) is 24.2 Å². The quantitative estimate of drug-likeness (QED) is 0.169. The number of nitrogen functional groups attached to an aromatic ring is 1. The Kier molecular flexibility index (Phi) is 8.55. The van der Waals surface area contributed by atoms with Crippen LogP contribution >= 0.6 is 0 Å². The molecular formula is C23H25F3N6O5. The lowest BCUT2D eigenvalue weighted by atomic mass is 10.0. The number of aryl methyl sites for hydroxylation is 1. The van der Waals surface area contributed by atoms with Gasteiger partial charge in [-0.05, 0) is 37.1 Å². The summed E-state index contributed by atoms with van der Waals surface area (Å²) in [6.45, 7) is 2.26. The number of aromatic nitrogens is 2. The summed E-state index contributed by atoms with van der Waals surface area (Å²) in [5, 5.41) is 25.8. The monoisotopic (exact) mass is 522 g/mol. The number of anilines is 2. The summed E-state index contributed by atoms with van der Waals surface area (Å²) in [6, 6.07) is 7.34. The van der Waals surface area contributed by atoms with Gasteiger partial charge in [-0.15, -0.1) is 13.2 Å². The number of rotatable bonds is 11. The van der Waals surface area contributed by atoms with Gasteiger partial charge in [-0.1, -0.05) is 12.1 Å². The van der Waals surface area contributed by atoms with Crippen LogP contribution < -0.4 is 21.1 Å². The van der Waals surface area contributed by atoms with Crippen molar-refractivity contribution in [3.05, 3.63) is 64.5 Å². The molecule has 0 aliphatic carbocycles. The standard InChI is InChI=1S/C23H25F3N6O5/c1-14(13-33)29-22(34)18-12-31(10-2-9-28-20-8-7-19(32(35)36)21(27)30-20)11-17(18)15-3-5-16(6-4-15)37-23(24,25)26/h3-8,11-12,14,33H,2,9-10,13H2,1H3,(H,29,34)(H3,27,28,30)/t14-/m0/s1. The van der Waals surface area contributed by atoms with Gasteiger partial charge in [-0.3, -0.25) is 14.9 Å². The molecule has 1 aromatic carbocycles. The minimum Gasteiger partial charge on any atom is -0.406 e. The van der Waals surface area contributed by atoms with Crippen LogP contribution in [0.2, 0.25) is 0 Å². The van der Waals surface area contributed by atoms with Gasteiger partial charge in [0, 0.05) is 43.2 Å². The maximum atomic E-state index is 12.8. The molecule has 37 heavy (non-hydrogen) atoms. The van der Waals surface area contributed by atoms with Crippen LogP contribution in [0.5, 0.6) is 5.75 Å². The van der Waals surface area contributed by atoms with Crippen molar-refractivity contribution < 1.29 is 32.7 Å². The van der Waals surface area contributed by atoms with Gasteiger partial charge in [0.1, 0.15) is 11.6 Å². The molecule has 0 aliphatic heterocycles. The van der Waals surface area contributed by atoms with Crippen molar-refractivity contribution in [3.8, 4) is 16.9 Å². The number of nitro groups is 1. The molecule has 0 radical (unpaired) electrons. The highest BCUT2D eigenvalue weighted by molar-refractivity contribution is 6.01. The van der Waals surface area contributed by atoms with E-state index in [0.717, 1.165) is 12.1 Å². The van der Waals surface area contributed by atoms with E-state index in [1.54, 1.807) is 23.9 Å². The fraction of sp³-hybridized carbons (Fsp3) is 0.304. The van der Waals surface area contributed by atoms with E-state index in [-0.39, 0.29) is 29.4 Å². The number of ether oxygens (including phenoxy) is 1. The summed E-state index contributed by atoms with van der Waals surface area (Å²) in [5.74, 6) is -0.670. The molecule has 3 aromatic rings. The average molecular weight is 522 g/mol. The molecule has 1 atom stereocenters. The highest BCUT2D eigenvalue weighted by Gasteiger charge is 2.31. The predicted octanol–water partition coefficient (Wildman–Crippen LogP) is 3.55. The van der Waals surface area contributed by atoms with Gasteiger partial charge >= 0.3 is 12.0 Å². The minimum absolute atomic E-state index is 0.204. The largest absolute Gasteiger partial charge is 0.573 e. The number of aliphatic hydroxyl groups excluding tert-OH is 1. The number of pyridine rings is 1. The molecule has 0 aliphatic rings. The number of alkyl halides is 3. The summed E-state index contributed by atoms with van der Waals surface area (Å²) in [7, 11) is 0. The fourth-order valence-electron chi connectivity index (χ4n) is 3.43. The van der Waals surface area contributed by atoms with Crippen LogP contribution in [0.3, 0.4) is 0 Å². The lowest BCUT2D eigenvalue weighted by molar-refractivity contribution is -0.384. The van der Waals surface area contributed by atoms with Crippen LogP contribution in [0, 0.1) is 10.1 Å². The van der Waals surface area contributed by atoms with E-state index in [2.05, 4.69) is 20.4 Å². The zero-order chi connectivity index (χ0) is 27.2. The number of nitrogens with one attached hydrogen (secondary N) is 2. The SMILES string of the molecule is C[C@@H](CO)NC(=O)c1cn(CCCNc2ccc([N+](=O)[O-])c(N)n2)cc1-c1ccc(OC(F)(F)F)cc1. The molecule has 2 heterocycles. The zero-order valence-corrected chi connectivity index (χ0v) is 19.7. The minimum atomic E-state index is -4.82. The molecule has 0 bridgehead atoms. The summed E-state index contributed by atoms with van der Waals surface area (Å²) in [5.41, 5.74) is 6.57. The molecular weight excluding hydrogens is 497 g/mol. The van der Waals surface area contributed by atoms with E-state index in [0.29, 0.717) is 36.5 Å². The number of hydrogen-bond acceptors (Lipinski definition) is 8. The fourth-order valence-corrected chi connectivity index (χ4v) is 3.43. The molecule has 3 rings (SSSR count). The van der Waals surface area contributed by atoms with Gasteiger partial charge < -0.3 is 30.8 Å². The topological polar surface area (TPSA) is 158 Å². The molecule has 0 fully saturated rings. The maximum Gasteiger partial charge on any atom is 0.573 e. The first-order valence-electron chi connectivity index (χ1n) is 11.1. The molecule has 14 heteroatoms. The van der Waals surface area contributed by atoms with Crippen LogP contribution in [-0.2, 0) is 6.54 Å². The number of hydrogen-bond donors (Lipinski definition) is 4. The van der Waals surface area contributed by atoms with Gasteiger partial charge in [-0.25, -0.2) is 4.98 Å². The Hall–Kier alpha value is -4.33. The first-order valence-corrected chi connectivity index (χ1v) is 11.1. The van der Waals surface area contributed by atoms with Crippen molar-refractivity contribution in [2.24, 2.45) is 0 Å². The Bertz CT molecular complexity index is 1250. The number of amides is 1. The summed E-state index contributed by atoms with van der Waals surface area (Å²) in [6.07, 6.45) is -0.948. The summed E-state index contributed by atoms with van der Waals surface area (Å²) in [4.78, 5) is 27.0. The smallest absolute Gasteiger partial charge is 0.406 e. The lowest BCUT2D eigenvalue weighted by Gasteiger charge is -2.12. The van der Waals surface area contributed by atoms with Crippen LogP contribution in [0.4, 0.5) is 30.5 Å². The first-order chi connectivity index (χ1) is 17.5. The molecule has 0 spiro atoms. The van der Waals surface area contributed by atoms with Gasteiger partial charge in [0.25, 0.3) is 5.91 Å². The van der Waals surface area contributed by atoms with Gasteiger partial charge in [0.2, 0.25) is 5.82 Å². The number of carbonyl (C=O) groups excluding carboxylic acids is 1. The second-order valence-electron chi connectivity index (χ2n) is 8.09. The number of aliphatic hydroxyl groups is 1. The van der Waals surface area contributed by atoms with Crippen molar-refractivity contribution in [1.82, 2.24) is 14.9 Å². The van der Waals surface area contributed by atoms with E-state index in [1.165, 1.54) is 24.3 Å². The van der Waals surface area contributed by atoms with Crippen molar-refractivity contribution in [3.63, 3.8) is 0 Å². The molecule has 0 unspecified atom stereocenters. The van der Waals surface area contributed by atoms with E-state index >= 15 is 0 Å². The third kappa shape index (κ3) is 7.57. The van der Waals surface area contributed by atoms with Crippen LogP contribution in [-0.4, -0.2) is 51.0 Å². The number of nitrogens with zero attached hydrogens (tertiary/aromatic N) is 3. The Morgan fingerprint density at radius 1 is 1.24 bits per heavy atom. The van der Waals surface area contributed by atoms with E-state index < -0.39 is 23.2 Å². The third-order valence-electron chi connectivity index (χ3n) is 5.17. The number of nitrogens with two attached hydrogens (primary N) is 1. The van der Waals surface area contributed by atoms with Gasteiger partial charge in [0.05, 0.1) is 17.1 Å². The van der Waals surface area contributed by atoms with Gasteiger partial charge in [0.15, 0.2) is 0 Å². The van der Waals surface area contributed by atoms with Crippen LogP contribution in [0.15, 0.2) is 48.8 Å². The molecule has 0 saturated carbocycles. The number of carbonyl (C=O) groups is 1. The van der Waals surface area contributed by atoms with E-state index in [4.69, 9.17) is 5.73 Å². The van der Waals surface area contributed by atoms with Crippen LogP contribution in [0.25, 0.3) is 11.1 Å². The highest BCUT2D eigenvalue weighted by Crippen LogP contribution is 2.29. The highest BCUT2D eigenvalue weighted by atomic mass is 19.4. The normalized spacial score (nSPS) is 12.1. The molecule has 5 N–H and O–H groups in total. The molecule has 198 valence electrons. The van der Waals surface area contributed by atoms with Crippen LogP contribution in [0.1, 0.15) is 23.7 Å². The summed E-state index contributed by atoms with van der Waals surface area (Å²) < 4.78 is 43.1. The third-order valence-corrected chi connectivity index (χ3v) is 5.17. The summed E-state index contributed by atoms with van der Waals surface area (Å²) >= 11 is 0. The van der Waals surface area contributed by atoms with Crippen molar-refractivity contribution in [1.29, 1.82) is 0 Å². The average Bonchev–Trinajstić information content (AvgIpc) is 3.25. The molecule has 0 saturated heterocycles.